The first-order valence-electron chi connectivity index (χ1n) is 6.56. The summed E-state index contributed by atoms with van der Waals surface area (Å²) >= 11 is 0. The number of aliphatic hydroxyl groups is 1. The molecule has 1 unspecified atom stereocenters. The molecule has 1 aliphatic rings. The average Bonchev–Trinajstić information content (AvgIpc) is 2.52. The van der Waals surface area contributed by atoms with Gasteiger partial charge >= 0.3 is 0 Å². The first-order valence-corrected chi connectivity index (χ1v) is 6.56. The largest absolute Gasteiger partial charge is 0.398 e. The summed E-state index contributed by atoms with van der Waals surface area (Å²) < 4.78 is 0. The predicted octanol–water partition coefficient (Wildman–Crippen LogP) is 0.466. The highest BCUT2D eigenvalue weighted by atomic mass is 16.3. The van der Waals surface area contributed by atoms with Gasteiger partial charge in [-0.3, -0.25) is 9.69 Å². The number of aliphatic hydroxyl groups excluding tert-OH is 1. The van der Waals surface area contributed by atoms with Gasteiger partial charge in [-0.1, -0.05) is 18.2 Å². The Morgan fingerprint density at radius 3 is 2.84 bits per heavy atom. The Morgan fingerprint density at radius 2 is 2.11 bits per heavy atom. The Kier molecular flexibility index (Phi) is 4.39. The topological polar surface area (TPSA) is 69.8 Å². The summed E-state index contributed by atoms with van der Waals surface area (Å²) in [7, 11) is 1.82. The fourth-order valence-corrected chi connectivity index (χ4v) is 2.36. The third-order valence-corrected chi connectivity index (χ3v) is 3.54. The zero-order valence-corrected chi connectivity index (χ0v) is 11.2. The van der Waals surface area contributed by atoms with E-state index in [9.17, 15) is 9.90 Å². The smallest absolute Gasteiger partial charge is 0.236 e. The molecule has 1 atom stereocenters. The van der Waals surface area contributed by atoms with E-state index in [4.69, 9.17) is 5.73 Å². The van der Waals surface area contributed by atoms with Gasteiger partial charge in [0.25, 0.3) is 0 Å². The summed E-state index contributed by atoms with van der Waals surface area (Å²) in [6.45, 7) is 2.40. The lowest BCUT2D eigenvalue weighted by molar-refractivity contribution is -0.130. The first-order chi connectivity index (χ1) is 9.08. The van der Waals surface area contributed by atoms with Crippen LogP contribution in [-0.4, -0.2) is 54.0 Å². The summed E-state index contributed by atoms with van der Waals surface area (Å²) in [5.74, 6) is 0.103. The van der Waals surface area contributed by atoms with E-state index in [0.717, 1.165) is 25.1 Å². The van der Waals surface area contributed by atoms with Crippen LogP contribution in [0.2, 0.25) is 0 Å². The number of anilines is 1. The number of hydrogen-bond acceptors (Lipinski definition) is 4. The molecule has 19 heavy (non-hydrogen) atoms. The Morgan fingerprint density at radius 1 is 1.37 bits per heavy atom. The van der Waals surface area contributed by atoms with Gasteiger partial charge in [0.05, 0.1) is 12.6 Å². The Bertz CT molecular complexity index is 450. The molecule has 1 aliphatic heterocycles. The van der Waals surface area contributed by atoms with Crippen LogP contribution >= 0.6 is 0 Å². The second-order valence-corrected chi connectivity index (χ2v) is 5.05. The van der Waals surface area contributed by atoms with E-state index in [1.165, 1.54) is 0 Å². The van der Waals surface area contributed by atoms with Crippen molar-refractivity contribution < 1.29 is 9.90 Å². The fourth-order valence-electron chi connectivity index (χ4n) is 2.36. The monoisotopic (exact) mass is 263 g/mol. The normalized spacial score (nSPS) is 19.3. The molecule has 1 fully saturated rings. The molecule has 1 heterocycles. The van der Waals surface area contributed by atoms with E-state index in [1.54, 1.807) is 11.0 Å². The van der Waals surface area contributed by atoms with E-state index in [-0.39, 0.29) is 5.91 Å². The van der Waals surface area contributed by atoms with Crippen LogP contribution in [0.5, 0.6) is 0 Å². The lowest BCUT2D eigenvalue weighted by Gasteiger charge is -2.23. The number of para-hydroxylation sites is 1. The molecular formula is C14H21N3O2. The molecule has 1 aromatic rings. The maximum atomic E-state index is 11.8. The van der Waals surface area contributed by atoms with Gasteiger partial charge in [-0.25, -0.2) is 0 Å². The molecule has 0 spiro atoms. The number of nitrogens with zero attached hydrogens (tertiary/aromatic N) is 2. The molecule has 5 heteroatoms. The predicted molar refractivity (Wildman–Crippen MR) is 74.5 cm³/mol. The summed E-state index contributed by atoms with van der Waals surface area (Å²) in [4.78, 5) is 15.5. The van der Waals surface area contributed by atoms with Crippen molar-refractivity contribution in [3.05, 3.63) is 29.8 Å². The molecule has 0 bridgehead atoms. The van der Waals surface area contributed by atoms with Crippen LogP contribution in [0.4, 0.5) is 5.69 Å². The molecular weight excluding hydrogens is 242 g/mol. The van der Waals surface area contributed by atoms with E-state index >= 15 is 0 Å². The zero-order chi connectivity index (χ0) is 13.8. The second kappa shape index (κ2) is 6.04. The number of carbonyl (C=O) groups excluding carboxylic acids is 1. The third kappa shape index (κ3) is 3.45. The van der Waals surface area contributed by atoms with Gasteiger partial charge in [-0.2, -0.15) is 0 Å². The van der Waals surface area contributed by atoms with Crippen LogP contribution in [-0.2, 0) is 4.79 Å². The number of likely N-dealkylation sites (N-methyl/N-ethyl adjacent to an activating group) is 1. The molecule has 5 nitrogen and oxygen atoms in total. The zero-order valence-electron chi connectivity index (χ0n) is 11.2. The Hall–Kier alpha value is -1.59. The van der Waals surface area contributed by atoms with Crippen molar-refractivity contribution >= 4 is 11.6 Å². The molecule has 1 saturated heterocycles. The van der Waals surface area contributed by atoms with E-state index in [1.807, 2.05) is 30.1 Å². The van der Waals surface area contributed by atoms with Crippen molar-refractivity contribution in [1.82, 2.24) is 9.80 Å². The molecule has 0 aromatic heterocycles. The number of rotatable bonds is 3. The number of hydrogen-bond donors (Lipinski definition) is 2. The number of nitrogens with two attached hydrogens (primary N) is 1. The van der Waals surface area contributed by atoms with Crippen molar-refractivity contribution in [1.29, 1.82) is 0 Å². The van der Waals surface area contributed by atoms with Gasteiger partial charge in [-0.05, 0) is 12.5 Å². The van der Waals surface area contributed by atoms with Gasteiger partial charge in [0.15, 0.2) is 0 Å². The van der Waals surface area contributed by atoms with Crippen molar-refractivity contribution in [2.75, 3.05) is 39.0 Å². The number of carbonyl (C=O) groups is 1. The average molecular weight is 263 g/mol. The maximum Gasteiger partial charge on any atom is 0.236 e. The van der Waals surface area contributed by atoms with Crippen molar-refractivity contribution in [2.24, 2.45) is 0 Å². The van der Waals surface area contributed by atoms with E-state index < -0.39 is 6.10 Å². The minimum atomic E-state index is -0.655. The molecule has 3 N–H and O–H groups in total. The lowest BCUT2D eigenvalue weighted by atomic mass is 10.1. The van der Waals surface area contributed by atoms with E-state index in [2.05, 4.69) is 0 Å². The Balaban J connectivity index is 2.00. The van der Waals surface area contributed by atoms with Crippen LogP contribution in [0.15, 0.2) is 24.3 Å². The van der Waals surface area contributed by atoms with Gasteiger partial charge in [0.2, 0.25) is 5.91 Å². The van der Waals surface area contributed by atoms with Gasteiger partial charge in [0, 0.05) is 37.9 Å². The van der Waals surface area contributed by atoms with Gasteiger partial charge in [0.1, 0.15) is 0 Å². The summed E-state index contributed by atoms with van der Waals surface area (Å²) in [5.41, 5.74) is 7.17. The molecule has 1 amide bonds. The molecule has 1 aromatic carbocycles. The van der Waals surface area contributed by atoms with Crippen molar-refractivity contribution in [2.45, 2.75) is 12.5 Å². The lowest BCUT2D eigenvalue weighted by Crippen LogP contribution is -2.36. The summed E-state index contributed by atoms with van der Waals surface area (Å²) in [5, 5.41) is 10.3. The van der Waals surface area contributed by atoms with Crippen molar-refractivity contribution in [3.63, 3.8) is 0 Å². The summed E-state index contributed by atoms with van der Waals surface area (Å²) in [6, 6.07) is 7.30. The molecule has 104 valence electrons. The number of amides is 1. The maximum absolute atomic E-state index is 11.8. The highest BCUT2D eigenvalue weighted by molar-refractivity contribution is 5.78. The minimum absolute atomic E-state index is 0.103. The van der Waals surface area contributed by atoms with Crippen LogP contribution < -0.4 is 5.73 Å². The summed E-state index contributed by atoms with van der Waals surface area (Å²) in [6.07, 6.45) is 0.275. The molecule has 0 aliphatic carbocycles. The molecule has 0 saturated carbocycles. The fraction of sp³-hybridized carbons (Fsp3) is 0.500. The second-order valence-electron chi connectivity index (χ2n) is 5.05. The van der Waals surface area contributed by atoms with Gasteiger partial charge in [-0.15, -0.1) is 0 Å². The van der Waals surface area contributed by atoms with Crippen LogP contribution in [0.1, 0.15) is 18.1 Å². The standard InChI is InChI=1S/C14H21N3O2/c1-16-7-4-8-17(10-14(16)19)9-13(18)11-5-2-3-6-12(11)15/h2-3,5-6,13,18H,4,7-10,15H2,1H3. The third-order valence-electron chi connectivity index (χ3n) is 3.54. The number of nitrogen functional groups attached to an aromatic ring is 1. The van der Waals surface area contributed by atoms with Crippen LogP contribution in [0.25, 0.3) is 0 Å². The highest BCUT2D eigenvalue weighted by Crippen LogP contribution is 2.21. The molecule has 2 rings (SSSR count). The SMILES string of the molecule is CN1CCCN(CC(O)c2ccccc2N)CC1=O. The number of β-amino-alcohol motifs (C(OH)–C–C–N with tert-alkyl or cyclic N) is 1. The van der Waals surface area contributed by atoms with Gasteiger partial charge < -0.3 is 15.7 Å². The van der Waals surface area contributed by atoms with Crippen molar-refractivity contribution in [3.8, 4) is 0 Å². The van der Waals surface area contributed by atoms with Crippen LogP contribution in [0, 0.1) is 0 Å². The Labute approximate surface area is 113 Å². The van der Waals surface area contributed by atoms with E-state index in [0.29, 0.717) is 18.8 Å². The first kappa shape index (κ1) is 13.8. The number of benzene rings is 1. The quantitative estimate of drug-likeness (QED) is 0.778. The minimum Gasteiger partial charge on any atom is -0.398 e. The highest BCUT2D eigenvalue weighted by Gasteiger charge is 2.22. The van der Waals surface area contributed by atoms with Crippen LogP contribution in [0.3, 0.4) is 0 Å². The molecule has 0 radical (unpaired) electrons.